The number of fused-ring (bicyclic) bond motifs is 1. The maximum atomic E-state index is 13.3. The van der Waals surface area contributed by atoms with Gasteiger partial charge >= 0.3 is 0 Å². The minimum Gasteiger partial charge on any atom is -0.497 e. The average Bonchev–Trinajstić information content (AvgIpc) is 3.10. The number of carbonyl (C=O) groups is 1. The third kappa shape index (κ3) is 2.97. The largest absolute Gasteiger partial charge is 0.497 e. The summed E-state index contributed by atoms with van der Waals surface area (Å²) in [6.45, 7) is 4.07. The first-order valence-electron chi connectivity index (χ1n) is 8.72. The lowest BCUT2D eigenvalue weighted by Gasteiger charge is -2.12. The Hall–Kier alpha value is -3.73. The molecule has 0 fully saturated rings. The van der Waals surface area contributed by atoms with E-state index < -0.39 is 0 Å². The van der Waals surface area contributed by atoms with Crippen LogP contribution in [-0.4, -0.2) is 30.0 Å². The Morgan fingerprint density at radius 3 is 2.61 bits per heavy atom. The molecule has 0 aliphatic heterocycles. The normalized spacial score (nSPS) is 12.4. The van der Waals surface area contributed by atoms with Gasteiger partial charge in [0, 0.05) is 40.7 Å². The zero-order chi connectivity index (χ0) is 19.7. The molecule has 28 heavy (non-hydrogen) atoms. The molecule has 0 unspecified atom stereocenters. The number of hydrogen-bond donors (Lipinski definition) is 0. The van der Waals surface area contributed by atoms with Crippen molar-refractivity contribution in [2.75, 3.05) is 14.2 Å². The Balaban J connectivity index is 1.82. The molecule has 0 radical (unpaired) electrons. The van der Waals surface area contributed by atoms with Crippen LogP contribution in [-0.2, 0) is 0 Å². The molecule has 3 aromatic rings. The van der Waals surface area contributed by atoms with Gasteiger partial charge in [-0.15, -0.1) is 0 Å². The lowest BCUT2D eigenvalue weighted by atomic mass is 9.93. The molecule has 0 amide bonds. The molecule has 4 rings (SSSR count). The van der Waals surface area contributed by atoms with E-state index in [2.05, 4.69) is 16.5 Å². The van der Waals surface area contributed by atoms with Crippen molar-refractivity contribution in [2.24, 2.45) is 0 Å². The van der Waals surface area contributed by atoms with Crippen LogP contribution >= 0.6 is 0 Å². The molecule has 5 heteroatoms. The van der Waals surface area contributed by atoms with Crippen molar-refractivity contribution >= 4 is 16.9 Å². The first kappa shape index (κ1) is 17.7. The summed E-state index contributed by atoms with van der Waals surface area (Å²) in [6, 6.07) is 12.7. The number of aromatic nitrogens is 2. The molecule has 0 spiro atoms. The van der Waals surface area contributed by atoms with Gasteiger partial charge in [-0.1, -0.05) is 18.7 Å². The van der Waals surface area contributed by atoms with E-state index in [-0.39, 0.29) is 5.78 Å². The van der Waals surface area contributed by atoms with E-state index in [1.807, 2.05) is 18.2 Å². The van der Waals surface area contributed by atoms with Crippen molar-refractivity contribution < 1.29 is 14.3 Å². The summed E-state index contributed by atoms with van der Waals surface area (Å²) in [4.78, 5) is 22.0. The lowest BCUT2D eigenvalue weighted by Crippen LogP contribution is -2.04. The molecule has 0 bridgehead atoms. The van der Waals surface area contributed by atoms with Crippen molar-refractivity contribution in [2.45, 2.75) is 0 Å². The maximum absolute atomic E-state index is 13.3. The van der Waals surface area contributed by atoms with Gasteiger partial charge in [0.2, 0.25) is 5.88 Å². The molecule has 1 aliphatic carbocycles. The first-order valence-corrected chi connectivity index (χ1v) is 8.72. The summed E-state index contributed by atoms with van der Waals surface area (Å²) >= 11 is 0. The van der Waals surface area contributed by atoms with Gasteiger partial charge in [0.05, 0.1) is 19.9 Å². The number of hydrogen-bond acceptors (Lipinski definition) is 5. The van der Waals surface area contributed by atoms with Crippen LogP contribution in [0.3, 0.4) is 0 Å². The highest BCUT2D eigenvalue weighted by Gasteiger charge is 2.28. The minimum absolute atomic E-state index is 0.102. The molecule has 0 saturated heterocycles. The highest BCUT2D eigenvalue weighted by molar-refractivity contribution is 6.33. The van der Waals surface area contributed by atoms with E-state index in [4.69, 9.17) is 9.47 Å². The molecule has 2 heterocycles. The topological polar surface area (TPSA) is 61.3 Å². The van der Waals surface area contributed by atoms with Crippen molar-refractivity contribution in [1.29, 1.82) is 0 Å². The van der Waals surface area contributed by atoms with Gasteiger partial charge in [0.1, 0.15) is 5.75 Å². The summed E-state index contributed by atoms with van der Waals surface area (Å²) in [6.07, 6.45) is 5.24. The van der Waals surface area contributed by atoms with E-state index in [1.54, 1.807) is 57.0 Å². The summed E-state index contributed by atoms with van der Waals surface area (Å²) in [5.74, 6) is 1.06. The predicted molar refractivity (Wildman–Crippen MR) is 108 cm³/mol. The predicted octanol–water partition coefficient (Wildman–Crippen LogP) is 4.45. The monoisotopic (exact) mass is 370 g/mol. The van der Waals surface area contributed by atoms with Crippen LogP contribution in [0.4, 0.5) is 0 Å². The number of nitrogens with zero attached hydrogens (tertiary/aromatic N) is 2. The molecule has 1 aromatic carbocycles. The van der Waals surface area contributed by atoms with E-state index >= 15 is 0 Å². The number of allylic oxidation sites excluding steroid dienone is 3. The zero-order valence-corrected chi connectivity index (χ0v) is 15.6. The van der Waals surface area contributed by atoms with Gasteiger partial charge in [-0.3, -0.25) is 9.78 Å². The summed E-state index contributed by atoms with van der Waals surface area (Å²) < 4.78 is 10.4. The molecule has 0 atom stereocenters. The Morgan fingerprint density at radius 2 is 1.89 bits per heavy atom. The van der Waals surface area contributed by atoms with Crippen LogP contribution in [0.1, 0.15) is 21.6 Å². The van der Waals surface area contributed by atoms with Crippen molar-refractivity contribution in [3.63, 3.8) is 0 Å². The third-order valence-corrected chi connectivity index (χ3v) is 4.68. The first-order chi connectivity index (χ1) is 13.6. The molecule has 2 aromatic heterocycles. The summed E-state index contributed by atoms with van der Waals surface area (Å²) in [5.41, 5.74) is 5.05. The second-order valence-electron chi connectivity index (χ2n) is 6.32. The van der Waals surface area contributed by atoms with Crippen molar-refractivity contribution in [1.82, 2.24) is 9.97 Å². The lowest BCUT2D eigenvalue weighted by molar-refractivity contribution is 0.105. The van der Waals surface area contributed by atoms with Crippen LogP contribution in [0.25, 0.3) is 22.3 Å². The average molecular weight is 370 g/mol. The number of pyridine rings is 2. The minimum atomic E-state index is -0.102. The van der Waals surface area contributed by atoms with Gasteiger partial charge in [-0.25, -0.2) is 4.98 Å². The molecule has 1 aliphatic rings. The number of Topliss-reactive ketones (excluding diaryl/α,β-unsaturated/α-hetero) is 1. The van der Waals surface area contributed by atoms with E-state index in [1.165, 1.54) is 0 Å². The van der Waals surface area contributed by atoms with Gasteiger partial charge in [0.15, 0.2) is 5.78 Å². The van der Waals surface area contributed by atoms with Crippen LogP contribution in [0.5, 0.6) is 11.6 Å². The number of ether oxygens (including phenoxy) is 2. The molecule has 0 saturated carbocycles. The van der Waals surface area contributed by atoms with E-state index in [9.17, 15) is 4.79 Å². The molecule has 5 nitrogen and oxygen atoms in total. The van der Waals surface area contributed by atoms with Gasteiger partial charge in [-0.05, 0) is 41.5 Å². The van der Waals surface area contributed by atoms with Gasteiger partial charge in [-0.2, -0.15) is 0 Å². The zero-order valence-electron chi connectivity index (χ0n) is 15.6. The number of carbonyl (C=O) groups excluding carboxylic acids is 1. The van der Waals surface area contributed by atoms with Gasteiger partial charge < -0.3 is 9.47 Å². The smallest absolute Gasteiger partial charge is 0.212 e. The Bertz CT molecular complexity index is 1110. The Labute approximate surface area is 163 Å². The highest BCUT2D eigenvalue weighted by Crippen LogP contribution is 2.41. The second-order valence-corrected chi connectivity index (χ2v) is 6.32. The Morgan fingerprint density at radius 1 is 1.04 bits per heavy atom. The molecule has 138 valence electrons. The van der Waals surface area contributed by atoms with Crippen LogP contribution in [0.2, 0.25) is 0 Å². The van der Waals surface area contributed by atoms with Crippen LogP contribution in [0.15, 0.2) is 67.5 Å². The molecular formula is C23H18N2O3. The van der Waals surface area contributed by atoms with Crippen LogP contribution in [0, 0.1) is 0 Å². The fraction of sp³-hybridized carbons (Fsp3) is 0.0870. The van der Waals surface area contributed by atoms with Crippen molar-refractivity contribution in [3.05, 3.63) is 84.3 Å². The summed E-state index contributed by atoms with van der Waals surface area (Å²) in [5, 5.41) is 0. The maximum Gasteiger partial charge on any atom is 0.212 e. The van der Waals surface area contributed by atoms with E-state index in [0.717, 1.165) is 16.7 Å². The fourth-order valence-corrected chi connectivity index (χ4v) is 3.29. The number of benzene rings is 1. The summed E-state index contributed by atoms with van der Waals surface area (Å²) in [7, 11) is 3.15. The quantitative estimate of drug-likeness (QED) is 0.621. The molecule has 0 N–H and O–H groups in total. The SMILES string of the molecule is C=C1C=C(C(=O)c2cccc(OC)c2)c2c(-c3ccc(OC)nc3)ccnc21. The van der Waals surface area contributed by atoms with Gasteiger partial charge in [0.25, 0.3) is 0 Å². The van der Waals surface area contributed by atoms with Crippen LogP contribution < -0.4 is 9.47 Å². The fourth-order valence-electron chi connectivity index (χ4n) is 3.29. The Kier molecular flexibility index (Phi) is 4.49. The van der Waals surface area contributed by atoms with E-state index in [0.29, 0.717) is 34.0 Å². The molecular weight excluding hydrogens is 352 g/mol. The third-order valence-electron chi connectivity index (χ3n) is 4.68. The standard InChI is InChI=1S/C23H18N2O3/c1-14-11-19(23(26)15-5-4-6-17(12-15)27-2)21-18(9-10-24-22(14)21)16-7-8-20(28-3)25-13-16/h4-13H,1H2,2-3H3. The number of ketones is 1. The number of methoxy groups -OCH3 is 2. The second kappa shape index (κ2) is 7.12. The number of rotatable bonds is 5. The highest BCUT2D eigenvalue weighted by atomic mass is 16.5. The van der Waals surface area contributed by atoms with Crippen molar-refractivity contribution in [3.8, 4) is 22.8 Å².